The third-order valence-corrected chi connectivity index (χ3v) is 13.1. The van der Waals surface area contributed by atoms with Gasteiger partial charge in [-0.05, 0) is 54.4 Å². The van der Waals surface area contributed by atoms with Gasteiger partial charge in [0.25, 0.3) is 0 Å². The van der Waals surface area contributed by atoms with Gasteiger partial charge in [0.05, 0.1) is 11.9 Å². The van der Waals surface area contributed by atoms with Crippen molar-refractivity contribution in [1.29, 1.82) is 0 Å². The van der Waals surface area contributed by atoms with Crippen LogP contribution in [0.5, 0.6) is 5.75 Å². The van der Waals surface area contributed by atoms with Crippen molar-refractivity contribution in [1.82, 2.24) is 0 Å². The Hall–Kier alpha value is -3.34. The second-order valence-corrected chi connectivity index (χ2v) is 16.5. The summed E-state index contributed by atoms with van der Waals surface area (Å²) in [4.78, 5) is 29.3. The number of carbonyl (C=O) groups excluding carboxylic acids is 2. The summed E-state index contributed by atoms with van der Waals surface area (Å²) in [5, 5.41) is -0.0656. The van der Waals surface area contributed by atoms with E-state index in [0.29, 0.717) is 17.0 Å². The molecule has 1 aromatic carbocycles. The maximum absolute atomic E-state index is 14.4. The quantitative estimate of drug-likeness (QED) is 0.158. The Bertz CT molecular complexity index is 1370. The molecule has 0 bridgehead atoms. The van der Waals surface area contributed by atoms with E-state index < -0.39 is 43.2 Å². The average Bonchev–Trinajstić information content (AvgIpc) is 3.62. The van der Waals surface area contributed by atoms with Gasteiger partial charge in [-0.3, -0.25) is 9.69 Å². The number of fused-ring (bicyclic) bond motifs is 1. The first-order valence-electron chi connectivity index (χ1n) is 13.1. The fraction of sp³-hybridized carbons (Fsp3) is 0.484. The maximum Gasteiger partial charge on any atom is 0.420 e. The van der Waals surface area contributed by atoms with E-state index in [1.54, 1.807) is 18.2 Å². The molecule has 0 aromatic heterocycles. The van der Waals surface area contributed by atoms with Crippen LogP contribution in [-0.4, -0.2) is 51.8 Å². The largest absolute Gasteiger partial charge is 0.543 e. The minimum atomic E-state index is -2.25. The molecule has 0 spiro atoms. The van der Waals surface area contributed by atoms with Gasteiger partial charge >= 0.3 is 6.09 Å². The molecule has 1 aromatic rings. The van der Waals surface area contributed by atoms with Crippen LogP contribution in [0, 0.1) is 30.1 Å². The molecule has 4 rings (SSSR count). The summed E-state index contributed by atoms with van der Waals surface area (Å²) in [6, 6.07) is 4.42. The van der Waals surface area contributed by atoms with Crippen LogP contribution in [0.1, 0.15) is 39.7 Å². The number of nitrogens with zero attached hydrogens (tertiary/aromatic N) is 1. The number of allylic oxidation sites excluding steroid dienone is 2. The molecule has 1 saturated heterocycles. The van der Waals surface area contributed by atoms with Crippen molar-refractivity contribution in [3.63, 3.8) is 0 Å². The lowest BCUT2D eigenvalue weighted by Crippen LogP contribution is -2.66. The molecule has 9 heteroatoms. The van der Waals surface area contributed by atoms with Gasteiger partial charge in [-0.2, -0.15) is 0 Å². The summed E-state index contributed by atoms with van der Waals surface area (Å²) in [5.74, 6) is 6.75. The number of terminal acetylenes is 1. The zero-order valence-electron chi connectivity index (χ0n) is 24.4. The molecule has 1 aliphatic carbocycles. The molecule has 8 nitrogen and oxygen atoms in total. The van der Waals surface area contributed by atoms with Crippen LogP contribution in [0.15, 0.2) is 43.2 Å². The number of epoxide rings is 1. The Morgan fingerprint density at radius 1 is 1.25 bits per heavy atom. The summed E-state index contributed by atoms with van der Waals surface area (Å²) >= 11 is 0. The van der Waals surface area contributed by atoms with E-state index in [1.807, 2.05) is 6.92 Å². The second kappa shape index (κ2) is 9.93. The number of hydrogen-bond acceptors (Lipinski definition) is 7. The van der Waals surface area contributed by atoms with Gasteiger partial charge in [-0.25, -0.2) is 4.79 Å². The van der Waals surface area contributed by atoms with Crippen molar-refractivity contribution in [2.45, 2.75) is 75.3 Å². The molecule has 40 heavy (non-hydrogen) atoms. The van der Waals surface area contributed by atoms with Crippen LogP contribution in [0.3, 0.4) is 0 Å². The molecule has 4 atom stereocenters. The Kier molecular flexibility index (Phi) is 7.36. The average molecular weight is 564 g/mol. The first-order chi connectivity index (χ1) is 18.7. The predicted molar refractivity (Wildman–Crippen MR) is 154 cm³/mol. The van der Waals surface area contributed by atoms with Crippen molar-refractivity contribution in [3.8, 4) is 29.9 Å². The molecule has 0 N–H and O–H groups in total. The van der Waals surface area contributed by atoms with Crippen molar-refractivity contribution < 1.29 is 33.0 Å². The molecule has 2 aliphatic heterocycles. The minimum absolute atomic E-state index is 0.0656. The maximum atomic E-state index is 14.4. The number of benzene rings is 1. The number of rotatable bonds is 5. The number of hydrogen-bond donors (Lipinski definition) is 0. The molecule has 2 heterocycles. The van der Waals surface area contributed by atoms with E-state index in [2.05, 4.69) is 58.2 Å². The summed E-state index contributed by atoms with van der Waals surface area (Å²) in [7, 11) is 0.632. The number of methoxy groups -OCH3 is 2. The fourth-order valence-corrected chi connectivity index (χ4v) is 6.75. The lowest BCUT2D eigenvalue weighted by atomic mass is 9.61. The van der Waals surface area contributed by atoms with Crippen molar-refractivity contribution in [3.05, 3.63) is 48.8 Å². The highest BCUT2D eigenvalue weighted by Crippen LogP contribution is 2.72. The molecule has 1 saturated carbocycles. The molecule has 0 radical (unpaired) electrons. The Balaban J connectivity index is 2.01. The molecular formula is C31H37NO7Si. The normalized spacial score (nSPS) is 28.3. The van der Waals surface area contributed by atoms with E-state index in [-0.39, 0.29) is 17.4 Å². The zero-order chi connectivity index (χ0) is 29.7. The number of anilines is 1. The van der Waals surface area contributed by atoms with Gasteiger partial charge in [-0.1, -0.05) is 52.0 Å². The van der Waals surface area contributed by atoms with Gasteiger partial charge in [0, 0.05) is 26.2 Å². The molecular weight excluding hydrogens is 526 g/mol. The molecule has 1 amide bonds. The van der Waals surface area contributed by atoms with Gasteiger partial charge in [0.1, 0.15) is 17.4 Å². The molecule has 0 unspecified atom stereocenters. The van der Waals surface area contributed by atoms with Gasteiger partial charge in [-0.15, -0.1) is 6.42 Å². The van der Waals surface area contributed by atoms with Gasteiger partial charge < -0.3 is 23.4 Å². The van der Waals surface area contributed by atoms with Crippen LogP contribution in [0.25, 0.3) is 0 Å². The zero-order valence-corrected chi connectivity index (χ0v) is 25.4. The molecule has 212 valence electrons. The Morgan fingerprint density at radius 3 is 2.50 bits per heavy atom. The third-order valence-electron chi connectivity index (χ3n) is 8.78. The molecule has 3 aliphatic rings. The van der Waals surface area contributed by atoms with Gasteiger partial charge in [0.2, 0.25) is 19.9 Å². The number of carbonyl (C=O) groups is 2. The van der Waals surface area contributed by atoms with E-state index in [4.69, 9.17) is 29.8 Å². The Morgan fingerprint density at radius 2 is 1.93 bits per heavy atom. The highest BCUT2D eigenvalue weighted by atomic mass is 28.4. The lowest BCUT2D eigenvalue weighted by molar-refractivity contribution is -0.224. The molecule has 2 fully saturated rings. The number of ether oxygens (including phenoxy) is 4. The van der Waals surface area contributed by atoms with Crippen LogP contribution in [0.2, 0.25) is 18.1 Å². The summed E-state index contributed by atoms with van der Waals surface area (Å²) < 4.78 is 29.9. The standard InChI is InChI=1S/C31H37NO7Si/c1-11-13-14-15-16-25-30-21(3)20-29(35-7,36-8)26(33)31(30,39-30)23-19-22(38-40(9,10)28(4,5)6)17-18-24(23)32(25)27(34)37-12-2/h1,12-14,17-19,21,25H,2,20H2,3-10H3/b14-13-/t21-,25-,30-,31-/m0/s1. The van der Waals surface area contributed by atoms with Crippen LogP contribution >= 0.6 is 0 Å². The number of Topliss-reactive ketones (excluding diaryl/α,β-unsaturated/α-hetero) is 1. The van der Waals surface area contributed by atoms with Crippen molar-refractivity contribution in [2.75, 3.05) is 19.1 Å². The highest BCUT2D eigenvalue weighted by Gasteiger charge is 2.88. The summed E-state index contributed by atoms with van der Waals surface area (Å²) in [5.41, 5.74) is -1.83. The summed E-state index contributed by atoms with van der Waals surface area (Å²) in [6.45, 7) is 16.2. The van der Waals surface area contributed by atoms with Crippen molar-refractivity contribution in [2.24, 2.45) is 5.92 Å². The van der Waals surface area contributed by atoms with E-state index >= 15 is 0 Å². The topological polar surface area (TPSA) is 86.8 Å². The predicted octanol–water partition coefficient (Wildman–Crippen LogP) is 5.29. The van der Waals surface area contributed by atoms with E-state index in [9.17, 15) is 9.59 Å². The Labute approximate surface area is 237 Å². The lowest BCUT2D eigenvalue weighted by Gasteiger charge is -2.47. The third kappa shape index (κ3) is 4.03. The van der Waals surface area contributed by atoms with E-state index in [1.165, 1.54) is 31.3 Å². The first-order valence-corrected chi connectivity index (χ1v) is 16.1. The van der Waals surface area contributed by atoms with E-state index in [0.717, 1.165) is 6.26 Å². The van der Waals surface area contributed by atoms with Crippen LogP contribution in [0.4, 0.5) is 10.5 Å². The van der Waals surface area contributed by atoms with Crippen molar-refractivity contribution >= 4 is 25.9 Å². The number of ketones is 1. The minimum Gasteiger partial charge on any atom is -0.543 e. The SMILES string of the molecule is C#C/C=C\C#C[C@@H]1N(C(=O)OC=C)c2ccc(O[Si](C)(C)C(C)(C)C)cc2[C@@]23O[C@@]12[C@@H](C)CC(OC)(OC)C3=O. The smallest absolute Gasteiger partial charge is 0.420 e. The van der Waals surface area contributed by atoms with Crippen LogP contribution < -0.4 is 9.33 Å². The van der Waals surface area contributed by atoms with Gasteiger partial charge in [0.15, 0.2) is 5.60 Å². The first kappa shape index (κ1) is 29.6. The monoisotopic (exact) mass is 563 g/mol. The second-order valence-electron chi connectivity index (χ2n) is 11.8. The summed E-state index contributed by atoms with van der Waals surface area (Å²) in [6.07, 6.45) is 8.85. The number of amides is 1. The highest BCUT2D eigenvalue weighted by molar-refractivity contribution is 6.74. The fourth-order valence-electron chi connectivity index (χ4n) is 5.73. The van der Waals surface area contributed by atoms with Crippen LogP contribution in [-0.2, 0) is 29.3 Å².